The minimum atomic E-state index is -0.430. The molecule has 0 fully saturated rings. The summed E-state index contributed by atoms with van der Waals surface area (Å²) in [6.45, 7) is 9.05. The van der Waals surface area contributed by atoms with E-state index in [-0.39, 0.29) is 12.1 Å². The second-order valence-corrected chi connectivity index (χ2v) is 9.95. The van der Waals surface area contributed by atoms with Crippen LogP contribution in [0.1, 0.15) is 37.0 Å². The molecule has 0 saturated heterocycles. The van der Waals surface area contributed by atoms with Crippen LogP contribution in [0.15, 0.2) is 175 Å². The normalized spacial score (nSPS) is 10.6. The molecule has 4 aromatic rings. The van der Waals surface area contributed by atoms with Gasteiger partial charge >= 0.3 is 0 Å². The lowest BCUT2D eigenvalue weighted by Crippen LogP contribution is -2.26. The standard InChI is InChI=1S/C35H32N4O.C6H6.C2H6/c1-2-3-14-29(26-39-35(40)32(24-36)23-28-15-7-4-8-16-28)17-13-22-38-27-33(25-37)34(30-18-9-5-10-19-30)31-20-11-6-12-21-31;1-2-4-6-5-3-1;1-2/h2-12,14-21,23,38H,1,13,22,26-27H2,(H,39,40);1-6H;1-2H3/b14-3-,29-17+,32-23-;;. The van der Waals surface area contributed by atoms with E-state index in [0.717, 1.165) is 27.8 Å². The van der Waals surface area contributed by atoms with Gasteiger partial charge in [0.1, 0.15) is 11.6 Å². The molecule has 5 nitrogen and oxygen atoms in total. The van der Waals surface area contributed by atoms with Crippen LogP contribution < -0.4 is 10.6 Å². The molecular weight excluding hydrogens is 589 g/mol. The van der Waals surface area contributed by atoms with Gasteiger partial charge in [0.15, 0.2) is 0 Å². The Kier molecular flexibility index (Phi) is 19.3. The number of nitriles is 2. The summed E-state index contributed by atoms with van der Waals surface area (Å²) in [6.07, 6.45) is 9.63. The van der Waals surface area contributed by atoms with Gasteiger partial charge in [0.05, 0.1) is 11.6 Å². The lowest BCUT2D eigenvalue weighted by Gasteiger charge is -2.12. The van der Waals surface area contributed by atoms with Crippen LogP contribution in [0.5, 0.6) is 0 Å². The summed E-state index contributed by atoms with van der Waals surface area (Å²) in [5.74, 6) is -0.430. The number of nitrogens with zero attached hydrogens (tertiary/aromatic N) is 2. The van der Waals surface area contributed by atoms with E-state index < -0.39 is 5.91 Å². The van der Waals surface area contributed by atoms with E-state index in [4.69, 9.17) is 0 Å². The Hall–Kier alpha value is -6.01. The predicted molar refractivity (Wildman–Crippen MR) is 200 cm³/mol. The minimum Gasteiger partial charge on any atom is -0.347 e. The van der Waals surface area contributed by atoms with Crippen LogP contribution in [0.25, 0.3) is 11.6 Å². The highest BCUT2D eigenvalue weighted by molar-refractivity contribution is 6.01. The third-order valence-corrected chi connectivity index (χ3v) is 6.63. The van der Waals surface area contributed by atoms with Crippen LogP contribution >= 0.6 is 0 Å². The maximum Gasteiger partial charge on any atom is 0.262 e. The summed E-state index contributed by atoms with van der Waals surface area (Å²) in [5, 5.41) is 25.7. The predicted octanol–water partition coefficient (Wildman–Crippen LogP) is 9.10. The molecule has 0 atom stereocenters. The highest BCUT2D eigenvalue weighted by Crippen LogP contribution is 2.26. The van der Waals surface area contributed by atoms with E-state index >= 15 is 0 Å². The Morgan fingerprint density at radius 1 is 0.729 bits per heavy atom. The average molecular weight is 633 g/mol. The molecule has 0 bridgehead atoms. The molecule has 48 heavy (non-hydrogen) atoms. The van der Waals surface area contributed by atoms with Crippen molar-refractivity contribution >= 4 is 17.6 Å². The van der Waals surface area contributed by atoms with Crippen molar-refractivity contribution in [3.05, 3.63) is 192 Å². The van der Waals surface area contributed by atoms with E-state index in [9.17, 15) is 15.3 Å². The zero-order valence-corrected chi connectivity index (χ0v) is 27.8. The molecule has 5 heteroatoms. The number of hydrogen-bond donors (Lipinski definition) is 2. The van der Waals surface area contributed by atoms with E-state index in [1.165, 1.54) is 0 Å². The number of amides is 1. The Bertz CT molecular complexity index is 1640. The molecule has 2 N–H and O–H groups in total. The molecule has 0 aliphatic carbocycles. The Labute approximate surface area is 286 Å². The number of nitrogens with one attached hydrogen (secondary N) is 2. The number of carbonyl (C=O) groups excluding carboxylic acids is 1. The third-order valence-electron chi connectivity index (χ3n) is 6.63. The van der Waals surface area contributed by atoms with Crippen LogP contribution in [-0.4, -0.2) is 25.5 Å². The monoisotopic (exact) mass is 632 g/mol. The van der Waals surface area contributed by atoms with Gasteiger partial charge in [0.2, 0.25) is 0 Å². The number of benzene rings is 4. The topological polar surface area (TPSA) is 88.7 Å². The first-order valence-electron chi connectivity index (χ1n) is 16.0. The van der Waals surface area contributed by atoms with Crippen molar-refractivity contribution in [1.29, 1.82) is 10.5 Å². The molecule has 0 aromatic heterocycles. The van der Waals surface area contributed by atoms with Crippen LogP contribution in [0.2, 0.25) is 0 Å². The van der Waals surface area contributed by atoms with Gasteiger partial charge in [-0.1, -0.05) is 172 Å². The average Bonchev–Trinajstić information content (AvgIpc) is 3.16. The molecule has 242 valence electrons. The van der Waals surface area contributed by atoms with Crippen LogP contribution in [0, 0.1) is 22.7 Å². The number of hydrogen-bond acceptors (Lipinski definition) is 4. The smallest absolute Gasteiger partial charge is 0.262 e. The quantitative estimate of drug-likeness (QED) is 0.0666. The van der Waals surface area contributed by atoms with Crippen molar-refractivity contribution in [3.8, 4) is 12.1 Å². The molecule has 0 spiro atoms. The Morgan fingerprint density at radius 3 is 1.71 bits per heavy atom. The van der Waals surface area contributed by atoms with E-state index in [2.05, 4.69) is 23.3 Å². The second kappa shape index (κ2) is 24.3. The molecule has 4 aromatic carbocycles. The summed E-state index contributed by atoms with van der Waals surface area (Å²) in [4.78, 5) is 12.6. The zero-order valence-electron chi connectivity index (χ0n) is 27.8. The maximum atomic E-state index is 12.6. The highest BCUT2D eigenvalue weighted by Gasteiger charge is 2.12. The maximum absolute atomic E-state index is 12.6. The van der Waals surface area contributed by atoms with E-state index in [1.54, 1.807) is 18.2 Å². The highest BCUT2D eigenvalue weighted by atomic mass is 16.1. The summed E-state index contributed by atoms with van der Waals surface area (Å²) >= 11 is 0. The van der Waals surface area contributed by atoms with Gasteiger partial charge in [-0.2, -0.15) is 10.5 Å². The van der Waals surface area contributed by atoms with Crippen molar-refractivity contribution in [1.82, 2.24) is 10.6 Å². The Balaban J connectivity index is 0.000000884. The van der Waals surface area contributed by atoms with Gasteiger partial charge in [-0.15, -0.1) is 0 Å². The lowest BCUT2D eigenvalue weighted by molar-refractivity contribution is -0.116. The molecule has 0 saturated carbocycles. The third kappa shape index (κ3) is 14.4. The first kappa shape index (κ1) is 38.2. The van der Waals surface area contributed by atoms with Crippen molar-refractivity contribution in [2.24, 2.45) is 0 Å². The molecule has 0 heterocycles. The molecule has 0 aliphatic heterocycles. The van der Waals surface area contributed by atoms with Crippen LogP contribution in [0.3, 0.4) is 0 Å². The summed E-state index contributed by atoms with van der Waals surface area (Å²) < 4.78 is 0. The molecule has 0 aliphatic rings. The first-order chi connectivity index (χ1) is 23.7. The molecule has 0 radical (unpaired) electrons. The van der Waals surface area contributed by atoms with Crippen molar-refractivity contribution in [2.45, 2.75) is 20.3 Å². The number of rotatable bonds is 13. The largest absolute Gasteiger partial charge is 0.347 e. The van der Waals surface area contributed by atoms with Crippen molar-refractivity contribution in [3.63, 3.8) is 0 Å². The second-order valence-electron chi connectivity index (χ2n) is 9.95. The summed E-state index contributed by atoms with van der Waals surface area (Å²) in [5.41, 5.74) is 5.29. The van der Waals surface area contributed by atoms with Crippen LogP contribution in [-0.2, 0) is 4.79 Å². The fraction of sp³-hybridized carbons (Fsp3) is 0.140. The molecule has 0 unspecified atom stereocenters. The lowest BCUT2D eigenvalue weighted by atomic mass is 9.93. The van der Waals surface area contributed by atoms with Gasteiger partial charge < -0.3 is 10.6 Å². The van der Waals surface area contributed by atoms with Crippen molar-refractivity contribution < 1.29 is 4.79 Å². The number of allylic oxidation sites excluding steroid dienone is 2. The van der Waals surface area contributed by atoms with E-state index in [0.29, 0.717) is 25.1 Å². The Morgan fingerprint density at radius 2 is 1.23 bits per heavy atom. The molecule has 1 amide bonds. The SMILES string of the molecule is C=C/C=C\C(=C/CCNCC(C#N)=C(c1ccccc1)c1ccccc1)CNC(=O)/C(C#N)=C\c1ccccc1.CC.c1ccccc1. The molecule has 4 rings (SSSR count). The van der Waals surface area contributed by atoms with Gasteiger partial charge in [-0.3, -0.25) is 4.79 Å². The zero-order chi connectivity index (χ0) is 34.7. The first-order valence-corrected chi connectivity index (χ1v) is 16.0. The van der Waals surface area contributed by atoms with Crippen LogP contribution in [0.4, 0.5) is 0 Å². The minimum absolute atomic E-state index is 0.0448. The molecular formula is C43H44N4O. The summed E-state index contributed by atoms with van der Waals surface area (Å²) in [6, 6.07) is 45.5. The van der Waals surface area contributed by atoms with Gasteiger partial charge in [0.25, 0.3) is 5.91 Å². The summed E-state index contributed by atoms with van der Waals surface area (Å²) in [7, 11) is 0. The fourth-order valence-electron chi connectivity index (χ4n) is 4.40. The van der Waals surface area contributed by atoms with E-state index in [1.807, 2.05) is 159 Å². The van der Waals surface area contributed by atoms with Gasteiger partial charge in [0, 0.05) is 18.7 Å². The fourth-order valence-corrected chi connectivity index (χ4v) is 4.40. The number of carbonyl (C=O) groups is 1. The van der Waals surface area contributed by atoms with Gasteiger partial charge in [-0.25, -0.2) is 0 Å². The van der Waals surface area contributed by atoms with Crippen molar-refractivity contribution in [2.75, 3.05) is 19.6 Å². The van der Waals surface area contributed by atoms with Gasteiger partial charge in [-0.05, 0) is 41.3 Å².